The third-order valence-electron chi connectivity index (χ3n) is 5.17. The van der Waals surface area contributed by atoms with Crippen molar-refractivity contribution in [2.75, 3.05) is 46.3 Å². The third-order valence-corrected chi connectivity index (χ3v) is 5.17. The van der Waals surface area contributed by atoms with E-state index in [4.69, 9.17) is 0 Å². The first-order chi connectivity index (χ1) is 12.4. The molecule has 9 heteroatoms. The van der Waals surface area contributed by atoms with E-state index >= 15 is 0 Å². The van der Waals surface area contributed by atoms with E-state index < -0.39 is 12.7 Å². The predicted molar refractivity (Wildman–Crippen MR) is 99.6 cm³/mol. The minimum absolute atomic E-state index is 0.0569. The zero-order valence-corrected chi connectivity index (χ0v) is 16.9. The molecule has 0 bridgehead atoms. The molecule has 27 heavy (non-hydrogen) atoms. The van der Waals surface area contributed by atoms with Crippen LogP contribution in [0.25, 0.3) is 0 Å². The molecule has 156 valence electrons. The molecule has 0 radical (unpaired) electrons. The summed E-state index contributed by atoms with van der Waals surface area (Å²) >= 11 is 0. The molecule has 2 aliphatic heterocycles. The zero-order valence-electron chi connectivity index (χ0n) is 16.9. The van der Waals surface area contributed by atoms with Gasteiger partial charge < -0.3 is 15.1 Å². The number of nitrogens with one attached hydrogen (secondary N) is 1. The molecular weight excluding hydrogens is 359 g/mol. The molecule has 0 aromatic heterocycles. The maximum atomic E-state index is 12.6. The van der Waals surface area contributed by atoms with Gasteiger partial charge in [-0.25, -0.2) is 0 Å². The average molecular weight is 391 g/mol. The number of hydrogen-bond acceptors (Lipinski definition) is 3. The molecule has 0 aromatic rings. The number of nitrogens with zero attached hydrogens (tertiary/aromatic N) is 4. The van der Waals surface area contributed by atoms with Crippen molar-refractivity contribution in [1.82, 2.24) is 20.0 Å². The van der Waals surface area contributed by atoms with Crippen LogP contribution in [0.2, 0.25) is 0 Å². The Balaban J connectivity index is 1.90. The fraction of sp³-hybridized carbons (Fsp3) is 0.889. The third kappa shape index (κ3) is 5.73. The molecule has 2 rings (SSSR count). The summed E-state index contributed by atoms with van der Waals surface area (Å²) in [5, 5.41) is 3.26. The number of piperazine rings is 1. The largest absolute Gasteiger partial charge is 0.401 e. The second kappa shape index (κ2) is 8.24. The second-order valence-electron chi connectivity index (χ2n) is 8.46. The number of hydrogen-bond donors (Lipinski definition) is 1. The smallest absolute Gasteiger partial charge is 0.356 e. The van der Waals surface area contributed by atoms with Gasteiger partial charge in [-0.3, -0.25) is 14.7 Å². The standard InChI is InChI=1S/C18H32F3N5O/c1-13(2)26-15(27)10-25(11-17(26,3)4)16(22-5)23-8-14-6-7-24(9-14)12-18(19,20)21/h13-14H,6-12H2,1-5H3,(H,22,23). The van der Waals surface area contributed by atoms with Crippen LogP contribution in [0.1, 0.15) is 34.1 Å². The first-order valence-corrected chi connectivity index (χ1v) is 9.50. The van der Waals surface area contributed by atoms with Crippen molar-refractivity contribution in [1.29, 1.82) is 0 Å². The molecule has 0 saturated carbocycles. The van der Waals surface area contributed by atoms with E-state index in [1.54, 1.807) is 7.05 Å². The Hall–Kier alpha value is -1.51. The molecule has 1 N–H and O–H groups in total. The summed E-state index contributed by atoms with van der Waals surface area (Å²) < 4.78 is 37.6. The van der Waals surface area contributed by atoms with Gasteiger partial charge in [-0.15, -0.1) is 0 Å². The summed E-state index contributed by atoms with van der Waals surface area (Å²) in [6.07, 6.45) is -3.42. The van der Waals surface area contributed by atoms with Crippen LogP contribution in [0.5, 0.6) is 0 Å². The zero-order chi connectivity index (χ0) is 20.4. The minimum Gasteiger partial charge on any atom is -0.356 e. The number of alkyl halides is 3. The van der Waals surface area contributed by atoms with Gasteiger partial charge in [-0.2, -0.15) is 13.2 Å². The molecule has 1 amide bonds. The van der Waals surface area contributed by atoms with Crippen LogP contribution in [0.15, 0.2) is 4.99 Å². The van der Waals surface area contributed by atoms with Crippen LogP contribution in [-0.4, -0.2) is 90.6 Å². The molecule has 0 spiro atoms. The monoisotopic (exact) mass is 391 g/mol. The maximum Gasteiger partial charge on any atom is 0.401 e. The van der Waals surface area contributed by atoms with Crippen LogP contribution in [0, 0.1) is 5.92 Å². The van der Waals surface area contributed by atoms with Crippen molar-refractivity contribution in [2.45, 2.75) is 51.9 Å². The highest BCUT2D eigenvalue weighted by Gasteiger charge is 2.41. The molecule has 1 atom stereocenters. The van der Waals surface area contributed by atoms with Crippen LogP contribution < -0.4 is 5.32 Å². The van der Waals surface area contributed by atoms with Gasteiger partial charge in [0, 0.05) is 32.7 Å². The summed E-state index contributed by atoms with van der Waals surface area (Å²) in [5.74, 6) is 0.834. The Labute approximate surface area is 159 Å². The summed E-state index contributed by atoms with van der Waals surface area (Å²) in [6.45, 7) is 9.60. The highest BCUT2D eigenvalue weighted by molar-refractivity contribution is 5.88. The Kier molecular flexibility index (Phi) is 6.65. The van der Waals surface area contributed by atoms with Gasteiger partial charge in [-0.05, 0) is 46.6 Å². The number of guanidine groups is 1. The van der Waals surface area contributed by atoms with E-state index in [-0.39, 0.29) is 30.0 Å². The van der Waals surface area contributed by atoms with Gasteiger partial charge in [-0.1, -0.05) is 0 Å². The van der Waals surface area contributed by atoms with Crippen LogP contribution in [0.3, 0.4) is 0 Å². The van der Waals surface area contributed by atoms with Gasteiger partial charge in [0.25, 0.3) is 0 Å². The molecule has 2 aliphatic rings. The first-order valence-electron chi connectivity index (χ1n) is 9.50. The van der Waals surface area contributed by atoms with Crippen LogP contribution in [0.4, 0.5) is 13.2 Å². The number of aliphatic imine (C=N–C) groups is 1. The highest BCUT2D eigenvalue weighted by atomic mass is 19.4. The van der Waals surface area contributed by atoms with Crippen molar-refractivity contribution in [2.24, 2.45) is 10.9 Å². The second-order valence-corrected chi connectivity index (χ2v) is 8.46. The molecule has 0 aliphatic carbocycles. The molecular formula is C18H32F3N5O. The van der Waals surface area contributed by atoms with Crippen LogP contribution in [-0.2, 0) is 4.79 Å². The summed E-state index contributed by atoms with van der Waals surface area (Å²) in [4.78, 5) is 22.2. The molecule has 1 unspecified atom stereocenters. The lowest BCUT2D eigenvalue weighted by molar-refractivity contribution is -0.145. The van der Waals surface area contributed by atoms with Gasteiger partial charge >= 0.3 is 6.18 Å². The van der Waals surface area contributed by atoms with Crippen LogP contribution >= 0.6 is 0 Å². The lowest BCUT2D eigenvalue weighted by Gasteiger charge is -2.49. The lowest BCUT2D eigenvalue weighted by Crippen LogP contribution is -2.66. The maximum absolute atomic E-state index is 12.6. The topological polar surface area (TPSA) is 51.2 Å². The van der Waals surface area contributed by atoms with E-state index in [1.165, 1.54) is 4.90 Å². The Morgan fingerprint density at radius 2 is 2.04 bits per heavy atom. The predicted octanol–water partition coefficient (Wildman–Crippen LogP) is 1.78. The van der Waals surface area contributed by atoms with E-state index in [0.717, 1.165) is 6.42 Å². The average Bonchev–Trinajstić information content (AvgIpc) is 2.91. The van der Waals surface area contributed by atoms with E-state index in [1.807, 2.05) is 37.5 Å². The van der Waals surface area contributed by atoms with Gasteiger partial charge in [0.1, 0.15) is 0 Å². The Bertz CT molecular complexity index is 562. The number of rotatable bonds is 4. The summed E-state index contributed by atoms with van der Waals surface area (Å²) in [5.41, 5.74) is -0.321. The lowest BCUT2D eigenvalue weighted by atomic mass is 9.96. The van der Waals surface area contributed by atoms with Gasteiger partial charge in [0.2, 0.25) is 5.91 Å². The summed E-state index contributed by atoms with van der Waals surface area (Å²) in [6, 6.07) is 0.128. The molecule has 2 fully saturated rings. The van der Waals surface area contributed by atoms with Crippen molar-refractivity contribution in [3.8, 4) is 0 Å². The molecule has 0 aromatic carbocycles. The number of carbonyl (C=O) groups excluding carboxylic acids is 1. The SMILES string of the molecule is CN=C(NCC1CCN(CC(F)(F)F)C1)N1CC(=O)N(C(C)C)C(C)(C)C1. The molecule has 6 nitrogen and oxygen atoms in total. The fourth-order valence-corrected chi connectivity index (χ4v) is 4.36. The van der Waals surface area contributed by atoms with Crippen molar-refractivity contribution >= 4 is 11.9 Å². The number of amides is 1. The van der Waals surface area contributed by atoms with Gasteiger partial charge in [0.15, 0.2) is 5.96 Å². The normalized spacial score (nSPS) is 24.9. The van der Waals surface area contributed by atoms with E-state index in [2.05, 4.69) is 10.3 Å². The van der Waals surface area contributed by atoms with Crippen molar-refractivity contribution in [3.05, 3.63) is 0 Å². The minimum atomic E-state index is -4.15. The van der Waals surface area contributed by atoms with Gasteiger partial charge in [0.05, 0.1) is 18.6 Å². The van der Waals surface area contributed by atoms with Crippen molar-refractivity contribution < 1.29 is 18.0 Å². The number of halogens is 3. The van der Waals surface area contributed by atoms with E-state index in [0.29, 0.717) is 32.1 Å². The fourth-order valence-electron chi connectivity index (χ4n) is 4.36. The van der Waals surface area contributed by atoms with Crippen molar-refractivity contribution in [3.63, 3.8) is 0 Å². The Morgan fingerprint density at radius 1 is 1.37 bits per heavy atom. The number of likely N-dealkylation sites (tertiary alicyclic amines) is 1. The molecule has 2 heterocycles. The van der Waals surface area contributed by atoms with E-state index in [9.17, 15) is 18.0 Å². The summed E-state index contributed by atoms with van der Waals surface area (Å²) in [7, 11) is 1.67. The Morgan fingerprint density at radius 3 is 2.56 bits per heavy atom. The number of carbonyl (C=O) groups is 1. The highest BCUT2D eigenvalue weighted by Crippen LogP contribution is 2.25. The molecule has 2 saturated heterocycles. The first kappa shape index (κ1) is 21.8. The quantitative estimate of drug-likeness (QED) is 0.586.